The Hall–Kier alpha value is -1.59. The Morgan fingerprint density at radius 2 is 0.422 bits per heavy atom. The highest BCUT2D eigenvalue weighted by atomic mass is 16.6. The molecule has 0 aliphatic carbocycles. The molecule has 0 rings (SSSR count). The summed E-state index contributed by atoms with van der Waals surface area (Å²) in [5.74, 6) is -0.837. The largest absolute Gasteiger partial charge is 0.462 e. The van der Waals surface area contributed by atoms with E-state index < -0.39 is 6.10 Å². The normalized spacial score (nSPS) is 11.9. The summed E-state index contributed by atoms with van der Waals surface area (Å²) in [5, 5.41) is 0. The quantitative estimate of drug-likeness (QED) is 0.0344. The van der Waals surface area contributed by atoms with Gasteiger partial charge >= 0.3 is 17.9 Å². The molecular weight excluding hydrogens is 793 g/mol. The van der Waals surface area contributed by atoms with Crippen molar-refractivity contribution in [2.24, 2.45) is 0 Å². The summed E-state index contributed by atoms with van der Waals surface area (Å²) in [4.78, 5) is 38.0. The highest BCUT2D eigenvalue weighted by Gasteiger charge is 2.19. The molecule has 0 N–H and O–H groups in total. The van der Waals surface area contributed by atoms with Gasteiger partial charge in [-0.25, -0.2) is 0 Å². The van der Waals surface area contributed by atoms with Gasteiger partial charge in [-0.15, -0.1) is 0 Å². The van der Waals surface area contributed by atoms with Crippen LogP contribution in [0.25, 0.3) is 0 Å². The maximum atomic E-state index is 12.8. The van der Waals surface area contributed by atoms with Crippen LogP contribution in [0.15, 0.2) is 0 Å². The fourth-order valence-electron chi connectivity index (χ4n) is 8.98. The molecular formula is C58H112O6. The zero-order chi connectivity index (χ0) is 46.5. The fraction of sp³-hybridized carbons (Fsp3) is 0.948. The van der Waals surface area contributed by atoms with Gasteiger partial charge in [0.1, 0.15) is 13.2 Å². The van der Waals surface area contributed by atoms with Crippen molar-refractivity contribution in [3.63, 3.8) is 0 Å². The van der Waals surface area contributed by atoms with E-state index in [1.165, 1.54) is 238 Å². The number of carbonyl (C=O) groups excluding carboxylic acids is 3. The zero-order valence-corrected chi connectivity index (χ0v) is 43.6. The van der Waals surface area contributed by atoms with Crippen molar-refractivity contribution >= 4 is 17.9 Å². The zero-order valence-electron chi connectivity index (χ0n) is 43.6. The minimum atomic E-state index is -0.760. The van der Waals surface area contributed by atoms with Crippen molar-refractivity contribution in [1.29, 1.82) is 0 Å². The van der Waals surface area contributed by atoms with E-state index in [9.17, 15) is 14.4 Å². The van der Waals surface area contributed by atoms with Crippen LogP contribution >= 0.6 is 0 Å². The predicted molar refractivity (Wildman–Crippen MR) is 275 cm³/mol. The van der Waals surface area contributed by atoms with Crippen LogP contribution < -0.4 is 0 Å². The lowest BCUT2D eigenvalue weighted by atomic mass is 10.0. The second-order valence-corrected chi connectivity index (χ2v) is 19.9. The van der Waals surface area contributed by atoms with Gasteiger partial charge in [0.15, 0.2) is 6.10 Å². The third-order valence-corrected chi connectivity index (χ3v) is 13.4. The molecule has 0 amide bonds. The molecule has 6 nitrogen and oxygen atoms in total. The standard InChI is InChI=1S/C58H112O6/c1-4-7-10-13-16-19-21-23-25-27-29-31-33-35-37-40-42-45-48-51-57(60)63-54-55(64-58(61)52-49-46-43-38-18-15-12-9-6-3)53-62-56(59)50-47-44-41-39-36-34-32-30-28-26-24-22-20-17-14-11-8-5-2/h55H,4-54H2,1-3H3/t55-/m1/s1. The van der Waals surface area contributed by atoms with Crippen LogP contribution in [0.3, 0.4) is 0 Å². The average molecular weight is 906 g/mol. The maximum absolute atomic E-state index is 12.8. The molecule has 6 heteroatoms. The Bertz CT molecular complexity index is 951. The van der Waals surface area contributed by atoms with Gasteiger partial charge in [-0.1, -0.05) is 297 Å². The number of unbranched alkanes of at least 4 members (excludes halogenated alkanes) is 43. The van der Waals surface area contributed by atoms with Crippen molar-refractivity contribution in [2.45, 2.75) is 341 Å². The summed E-state index contributed by atoms with van der Waals surface area (Å²) in [6.45, 7) is 6.69. The number of esters is 3. The third kappa shape index (κ3) is 51.4. The molecule has 0 heterocycles. The van der Waals surface area contributed by atoms with E-state index >= 15 is 0 Å². The summed E-state index contributed by atoms with van der Waals surface area (Å²) in [6, 6.07) is 0. The lowest BCUT2D eigenvalue weighted by Crippen LogP contribution is -2.30. The number of hydrogen-bond donors (Lipinski definition) is 0. The lowest BCUT2D eigenvalue weighted by molar-refractivity contribution is -0.167. The van der Waals surface area contributed by atoms with Crippen LogP contribution in [0.4, 0.5) is 0 Å². The molecule has 0 unspecified atom stereocenters. The second-order valence-electron chi connectivity index (χ2n) is 19.9. The van der Waals surface area contributed by atoms with Crippen LogP contribution in [0.1, 0.15) is 335 Å². The predicted octanol–water partition coefficient (Wildman–Crippen LogP) is 19.2. The van der Waals surface area contributed by atoms with Gasteiger partial charge in [0, 0.05) is 19.3 Å². The molecule has 0 radical (unpaired) electrons. The molecule has 0 saturated carbocycles. The van der Waals surface area contributed by atoms with E-state index in [-0.39, 0.29) is 31.1 Å². The van der Waals surface area contributed by atoms with Crippen molar-refractivity contribution < 1.29 is 28.6 Å². The second kappa shape index (κ2) is 54.0. The van der Waals surface area contributed by atoms with E-state index in [1.54, 1.807) is 0 Å². The van der Waals surface area contributed by atoms with Crippen LogP contribution in [0, 0.1) is 0 Å². The summed E-state index contributed by atoms with van der Waals surface area (Å²) >= 11 is 0. The van der Waals surface area contributed by atoms with Crippen LogP contribution in [-0.4, -0.2) is 37.2 Å². The monoisotopic (exact) mass is 905 g/mol. The van der Waals surface area contributed by atoms with Gasteiger partial charge in [0.05, 0.1) is 0 Å². The van der Waals surface area contributed by atoms with Crippen molar-refractivity contribution in [3.05, 3.63) is 0 Å². The molecule has 0 aromatic heterocycles. The Morgan fingerprint density at radius 3 is 0.625 bits per heavy atom. The molecule has 0 fully saturated rings. The summed E-state index contributed by atoms with van der Waals surface area (Å²) in [7, 11) is 0. The van der Waals surface area contributed by atoms with E-state index in [0.717, 1.165) is 57.8 Å². The Labute approximate surface area is 399 Å². The Kier molecular flexibility index (Phi) is 52.7. The minimum absolute atomic E-state index is 0.0616. The lowest BCUT2D eigenvalue weighted by Gasteiger charge is -2.18. The first-order valence-corrected chi connectivity index (χ1v) is 29.0. The van der Waals surface area contributed by atoms with Gasteiger partial charge in [-0.3, -0.25) is 14.4 Å². The first kappa shape index (κ1) is 62.4. The van der Waals surface area contributed by atoms with Crippen molar-refractivity contribution in [1.82, 2.24) is 0 Å². The van der Waals surface area contributed by atoms with Crippen molar-refractivity contribution in [2.75, 3.05) is 13.2 Å². The summed E-state index contributed by atoms with van der Waals surface area (Å²) in [6.07, 6.45) is 59.6. The maximum Gasteiger partial charge on any atom is 0.306 e. The van der Waals surface area contributed by atoms with Gasteiger partial charge in [0.25, 0.3) is 0 Å². The number of rotatable bonds is 54. The SMILES string of the molecule is CCCCCCCCCCCCCCCCCCCCCC(=O)OC[C@@H](COC(=O)CCCCCCCCCCCCCCCCCCCC)OC(=O)CCCCCCCCCCC. The van der Waals surface area contributed by atoms with E-state index in [0.29, 0.717) is 19.3 Å². The fourth-order valence-corrected chi connectivity index (χ4v) is 8.98. The van der Waals surface area contributed by atoms with Gasteiger partial charge in [0.2, 0.25) is 0 Å². The number of ether oxygens (including phenoxy) is 3. The Morgan fingerprint density at radius 1 is 0.250 bits per heavy atom. The van der Waals surface area contributed by atoms with E-state index in [1.807, 2.05) is 0 Å². The Balaban J connectivity index is 4.16. The highest BCUT2D eigenvalue weighted by molar-refractivity contribution is 5.71. The summed E-state index contributed by atoms with van der Waals surface area (Å²) in [5.41, 5.74) is 0. The molecule has 1 atom stereocenters. The number of carbonyl (C=O) groups is 3. The molecule has 64 heavy (non-hydrogen) atoms. The van der Waals surface area contributed by atoms with Crippen LogP contribution in [0.2, 0.25) is 0 Å². The van der Waals surface area contributed by atoms with Gasteiger partial charge < -0.3 is 14.2 Å². The highest BCUT2D eigenvalue weighted by Crippen LogP contribution is 2.18. The minimum Gasteiger partial charge on any atom is -0.462 e. The van der Waals surface area contributed by atoms with E-state index in [2.05, 4.69) is 20.8 Å². The topological polar surface area (TPSA) is 78.9 Å². The van der Waals surface area contributed by atoms with Crippen LogP contribution in [-0.2, 0) is 28.6 Å². The third-order valence-electron chi connectivity index (χ3n) is 13.4. The van der Waals surface area contributed by atoms with Gasteiger partial charge in [-0.05, 0) is 19.3 Å². The van der Waals surface area contributed by atoms with E-state index in [4.69, 9.17) is 14.2 Å². The molecule has 0 saturated heterocycles. The first-order chi connectivity index (χ1) is 31.5. The molecule has 0 aromatic rings. The molecule has 0 spiro atoms. The average Bonchev–Trinajstić information content (AvgIpc) is 3.29. The smallest absolute Gasteiger partial charge is 0.306 e. The summed E-state index contributed by atoms with van der Waals surface area (Å²) < 4.78 is 16.8. The first-order valence-electron chi connectivity index (χ1n) is 29.0. The van der Waals surface area contributed by atoms with Gasteiger partial charge in [-0.2, -0.15) is 0 Å². The number of hydrogen-bond acceptors (Lipinski definition) is 6. The molecule has 0 aliphatic rings. The molecule has 0 aliphatic heterocycles. The molecule has 0 aromatic carbocycles. The van der Waals surface area contributed by atoms with Crippen LogP contribution in [0.5, 0.6) is 0 Å². The van der Waals surface area contributed by atoms with Crippen molar-refractivity contribution in [3.8, 4) is 0 Å². The molecule has 380 valence electrons. The molecule has 0 bridgehead atoms.